The lowest BCUT2D eigenvalue weighted by Crippen LogP contribution is -1.60. The molecule has 0 aromatic rings. The van der Waals surface area contributed by atoms with E-state index in [0.29, 0.717) is 0 Å². The maximum atomic E-state index is 3.60. The summed E-state index contributed by atoms with van der Waals surface area (Å²) in [6, 6.07) is 0. The molecule has 10 heavy (non-hydrogen) atoms. The van der Waals surface area contributed by atoms with E-state index >= 15 is 0 Å². The highest BCUT2D eigenvalue weighted by atomic mass is 15.2. The number of azo groups is 1. The topological polar surface area (TPSA) is 49.4 Å². The van der Waals surface area contributed by atoms with Crippen molar-refractivity contribution < 1.29 is 0 Å². The normalized spacial score (nSPS) is 17.6. The number of nitrogens with zero attached hydrogens (tertiary/aromatic N) is 4. The summed E-state index contributed by atoms with van der Waals surface area (Å²) in [7, 11) is 0. The molecule has 0 amide bonds. The van der Waals surface area contributed by atoms with Crippen molar-refractivity contribution in [3.63, 3.8) is 0 Å². The van der Waals surface area contributed by atoms with Crippen LogP contribution in [0, 0.1) is 0 Å². The lowest BCUT2D eigenvalue weighted by molar-refractivity contribution is 1.14. The van der Waals surface area contributed by atoms with E-state index in [2.05, 4.69) is 20.4 Å². The highest BCUT2D eigenvalue weighted by molar-refractivity contribution is 5.82. The van der Waals surface area contributed by atoms with Crippen LogP contribution in [0.5, 0.6) is 0 Å². The maximum Gasteiger partial charge on any atom is 0.0802 e. The monoisotopic (exact) mass is 136 g/mol. The largest absolute Gasteiger partial charge is 0.185 e. The lowest BCUT2D eigenvalue weighted by Gasteiger charge is -1.56. The molecule has 0 spiro atoms. The van der Waals surface area contributed by atoms with Gasteiger partial charge in [0.2, 0.25) is 0 Å². The molecule has 0 fully saturated rings. The molecule has 2 aliphatic heterocycles. The Morgan fingerprint density at radius 2 is 1.90 bits per heavy atom. The van der Waals surface area contributed by atoms with Crippen LogP contribution in [0.3, 0.4) is 0 Å². The molecule has 52 valence electrons. The van der Waals surface area contributed by atoms with E-state index in [1.165, 1.54) is 0 Å². The zero-order chi connectivity index (χ0) is 7.07. The third kappa shape index (κ3) is 2.86. The molecule has 0 N–H and O–H groups in total. The van der Waals surface area contributed by atoms with Gasteiger partial charge in [-0.15, -0.1) is 0 Å². The minimum atomic E-state index is 0.778. The van der Waals surface area contributed by atoms with Crippen LogP contribution < -0.4 is 0 Å². The number of hydrogen-bond donors (Lipinski definition) is 0. The first-order valence-electron chi connectivity index (χ1n) is 3.05. The fourth-order valence-electron chi connectivity index (χ4n) is 0.471. The Hall–Kier alpha value is -1.32. The average molecular weight is 136 g/mol. The Bertz CT molecular complexity index is 148. The summed E-state index contributed by atoms with van der Waals surface area (Å²) in [6.45, 7) is 0.778. The molecule has 4 heteroatoms. The van der Waals surface area contributed by atoms with E-state index in [-0.39, 0.29) is 0 Å². The van der Waals surface area contributed by atoms with Crippen molar-refractivity contribution in [3.05, 3.63) is 12.3 Å². The van der Waals surface area contributed by atoms with Gasteiger partial charge < -0.3 is 0 Å². The molecule has 0 unspecified atom stereocenters. The predicted molar refractivity (Wildman–Crippen MR) is 40.5 cm³/mol. The van der Waals surface area contributed by atoms with Crippen molar-refractivity contribution in [3.8, 4) is 0 Å². The van der Waals surface area contributed by atoms with Gasteiger partial charge in [0, 0.05) is 25.0 Å². The van der Waals surface area contributed by atoms with Crippen molar-refractivity contribution in [1.29, 1.82) is 0 Å². The van der Waals surface area contributed by atoms with Crippen LogP contribution in [0.25, 0.3) is 0 Å². The highest BCUT2D eigenvalue weighted by Gasteiger charge is 1.75. The van der Waals surface area contributed by atoms with Crippen LogP contribution in [0.15, 0.2) is 32.7 Å². The van der Waals surface area contributed by atoms with Crippen molar-refractivity contribution in [2.75, 3.05) is 6.54 Å². The van der Waals surface area contributed by atoms with Gasteiger partial charge in [-0.05, 0) is 6.08 Å². The van der Waals surface area contributed by atoms with Gasteiger partial charge in [-0.1, -0.05) is 0 Å². The van der Waals surface area contributed by atoms with E-state index < -0.39 is 0 Å². The summed E-state index contributed by atoms with van der Waals surface area (Å²) >= 11 is 0. The summed E-state index contributed by atoms with van der Waals surface area (Å²) in [4.78, 5) is 0. The molecule has 4 nitrogen and oxygen atoms in total. The Balaban J connectivity index is 0.0000001000. The molecule has 2 heterocycles. The van der Waals surface area contributed by atoms with E-state index in [0.717, 1.165) is 13.0 Å². The van der Waals surface area contributed by atoms with Gasteiger partial charge >= 0.3 is 0 Å². The Morgan fingerprint density at radius 1 is 1.10 bits per heavy atom. The van der Waals surface area contributed by atoms with E-state index in [9.17, 15) is 0 Å². The quantitative estimate of drug-likeness (QED) is 0.483. The van der Waals surface area contributed by atoms with E-state index in [1.807, 2.05) is 6.08 Å². The van der Waals surface area contributed by atoms with Gasteiger partial charge in [0.15, 0.2) is 0 Å². The van der Waals surface area contributed by atoms with Gasteiger partial charge in [-0.3, -0.25) is 0 Å². The van der Waals surface area contributed by atoms with E-state index in [4.69, 9.17) is 0 Å². The van der Waals surface area contributed by atoms with Crippen LogP contribution in [-0.4, -0.2) is 19.0 Å². The van der Waals surface area contributed by atoms with Gasteiger partial charge in [-0.2, -0.15) is 20.4 Å². The lowest BCUT2D eigenvalue weighted by atomic mass is 10.5. The van der Waals surface area contributed by atoms with Crippen LogP contribution in [0.1, 0.15) is 6.42 Å². The Kier molecular flexibility index (Phi) is 3.09. The number of hydrogen-bond acceptors (Lipinski definition) is 4. The molecule has 2 rings (SSSR count). The van der Waals surface area contributed by atoms with Gasteiger partial charge in [0.1, 0.15) is 0 Å². The fourth-order valence-corrected chi connectivity index (χ4v) is 0.471. The van der Waals surface area contributed by atoms with Crippen LogP contribution >= 0.6 is 0 Å². The molecule has 0 saturated heterocycles. The van der Waals surface area contributed by atoms with Crippen molar-refractivity contribution in [2.24, 2.45) is 20.4 Å². The first-order valence-corrected chi connectivity index (χ1v) is 3.05. The standard InChI is InChI=1S/2C3H4N2/c2*1-2-4-5-3-1/h2-3H,1H2;1-2H,3H2. The molecular weight excluding hydrogens is 128 g/mol. The van der Waals surface area contributed by atoms with Crippen molar-refractivity contribution in [2.45, 2.75) is 6.42 Å². The SMILES string of the molecule is C1=CN=NC1.C1=NN=CC1. The second-order valence-electron chi connectivity index (χ2n) is 1.66. The van der Waals surface area contributed by atoms with Gasteiger partial charge in [-0.25, -0.2) is 0 Å². The second kappa shape index (κ2) is 4.55. The first kappa shape index (κ1) is 6.80. The first-order chi connectivity index (χ1) is 5.00. The molecule has 0 atom stereocenters. The summed E-state index contributed by atoms with van der Waals surface area (Å²) in [6.07, 6.45) is 8.04. The third-order valence-electron chi connectivity index (χ3n) is 0.882. The zero-order valence-electron chi connectivity index (χ0n) is 5.51. The Morgan fingerprint density at radius 3 is 2.10 bits per heavy atom. The minimum absolute atomic E-state index is 0.778. The molecule has 0 bridgehead atoms. The smallest absolute Gasteiger partial charge is 0.0802 e. The Labute approximate surface area is 59.1 Å². The second-order valence-corrected chi connectivity index (χ2v) is 1.66. The molecule has 0 saturated carbocycles. The van der Waals surface area contributed by atoms with Gasteiger partial charge in [0.25, 0.3) is 0 Å². The summed E-state index contributed by atoms with van der Waals surface area (Å²) in [5, 5.41) is 14.2. The van der Waals surface area contributed by atoms with Crippen molar-refractivity contribution >= 4 is 12.4 Å². The van der Waals surface area contributed by atoms with E-state index in [1.54, 1.807) is 18.6 Å². The molecule has 0 aliphatic carbocycles. The molecule has 0 aromatic heterocycles. The molecular formula is C6H8N4. The predicted octanol–water partition coefficient (Wildman–Crippen LogP) is 1.41. The summed E-state index contributed by atoms with van der Waals surface area (Å²) in [5.74, 6) is 0. The summed E-state index contributed by atoms with van der Waals surface area (Å²) < 4.78 is 0. The van der Waals surface area contributed by atoms with Gasteiger partial charge in [0.05, 0.1) is 6.54 Å². The fraction of sp³-hybridized carbons (Fsp3) is 0.333. The maximum absolute atomic E-state index is 3.60. The minimum Gasteiger partial charge on any atom is -0.185 e. The van der Waals surface area contributed by atoms with Crippen LogP contribution in [-0.2, 0) is 0 Å². The van der Waals surface area contributed by atoms with Crippen molar-refractivity contribution in [1.82, 2.24) is 0 Å². The highest BCUT2D eigenvalue weighted by Crippen LogP contribution is 1.86. The molecule has 0 radical (unpaired) electrons. The van der Waals surface area contributed by atoms with Crippen LogP contribution in [0.4, 0.5) is 0 Å². The molecule has 2 aliphatic rings. The number of rotatable bonds is 0. The third-order valence-corrected chi connectivity index (χ3v) is 0.882. The van der Waals surface area contributed by atoms with Crippen LogP contribution in [0.2, 0.25) is 0 Å². The summed E-state index contributed by atoms with van der Waals surface area (Å²) in [5.41, 5.74) is 0. The molecule has 0 aromatic carbocycles. The zero-order valence-corrected chi connectivity index (χ0v) is 5.51. The average Bonchev–Trinajstić information content (AvgIpc) is 2.67.